The largest absolute Gasteiger partial charge is 0.476 e. The highest BCUT2D eigenvalue weighted by atomic mass is 16.4. The fraction of sp³-hybridized carbons (Fsp3) is 0.583. The number of amides is 2. The maximum Gasteiger partial charge on any atom is 0.358 e. The Kier molecular flexibility index (Phi) is 4.20. The summed E-state index contributed by atoms with van der Waals surface area (Å²) >= 11 is 0. The molecule has 2 heterocycles. The lowest BCUT2D eigenvalue weighted by Crippen LogP contribution is -2.59. The van der Waals surface area contributed by atoms with Crippen molar-refractivity contribution < 1.29 is 19.5 Å². The zero-order valence-corrected chi connectivity index (χ0v) is 11.8. The Labute approximate surface area is 120 Å². The first-order valence-corrected chi connectivity index (χ1v) is 6.60. The number of nitrogens with one attached hydrogen (secondary N) is 1. The van der Waals surface area contributed by atoms with Crippen molar-refractivity contribution in [3.05, 3.63) is 11.9 Å². The Morgan fingerprint density at radius 2 is 2.24 bits per heavy atom. The SMILES string of the molecule is CC(C)C1C(=O)NCCN1C(=O)Cn1cc(C(=O)O)nn1. The molecule has 1 aliphatic rings. The molecule has 0 bridgehead atoms. The molecule has 2 N–H and O–H groups in total. The van der Waals surface area contributed by atoms with Gasteiger partial charge in [0.2, 0.25) is 11.8 Å². The van der Waals surface area contributed by atoms with E-state index in [9.17, 15) is 14.4 Å². The van der Waals surface area contributed by atoms with E-state index in [-0.39, 0.29) is 30.0 Å². The van der Waals surface area contributed by atoms with Crippen molar-refractivity contribution in [2.75, 3.05) is 13.1 Å². The molecule has 1 aliphatic heterocycles. The topological polar surface area (TPSA) is 117 Å². The number of carboxylic acid groups (broad SMARTS) is 1. The van der Waals surface area contributed by atoms with Gasteiger partial charge in [-0.05, 0) is 5.92 Å². The molecule has 1 unspecified atom stereocenters. The van der Waals surface area contributed by atoms with Gasteiger partial charge in [0.1, 0.15) is 12.6 Å². The number of carboxylic acids is 1. The number of piperazine rings is 1. The monoisotopic (exact) mass is 295 g/mol. The summed E-state index contributed by atoms with van der Waals surface area (Å²) in [5.74, 6) is -1.68. The number of aromatic carboxylic acids is 1. The second-order valence-corrected chi connectivity index (χ2v) is 5.17. The van der Waals surface area contributed by atoms with E-state index in [1.807, 2.05) is 13.8 Å². The summed E-state index contributed by atoms with van der Waals surface area (Å²) in [5, 5.41) is 18.5. The minimum absolute atomic E-state index is 0.0143. The third-order valence-corrected chi connectivity index (χ3v) is 3.26. The van der Waals surface area contributed by atoms with Gasteiger partial charge in [0.25, 0.3) is 0 Å². The van der Waals surface area contributed by atoms with Crippen LogP contribution in [-0.2, 0) is 16.1 Å². The van der Waals surface area contributed by atoms with E-state index in [1.54, 1.807) is 0 Å². The molecule has 2 amide bonds. The summed E-state index contributed by atoms with van der Waals surface area (Å²) in [7, 11) is 0. The van der Waals surface area contributed by atoms with Crippen LogP contribution in [0.1, 0.15) is 24.3 Å². The summed E-state index contributed by atoms with van der Waals surface area (Å²) in [6, 6.07) is -0.520. The van der Waals surface area contributed by atoms with Crippen LogP contribution in [0.4, 0.5) is 0 Å². The zero-order chi connectivity index (χ0) is 15.6. The molecule has 9 nitrogen and oxygen atoms in total. The molecule has 1 saturated heterocycles. The van der Waals surface area contributed by atoms with Crippen molar-refractivity contribution in [3.8, 4) is 0 Å². The van der Waals surface area contributed by atoms with Crippen molar-refractivity contribution in [2.45, 2.75) is 26.4 Å². The lowest BCUT2D eigenvalue weighted by atomic mass is 9.99. The molecule has 9 heteroatoms. The van der Waals surface area contributed by atoms with E-state index in [0.717, 1.165) is 4.68 Å². The van der Waals surface area contributed by atoms with Crippen LogP contribution in [0.25, 0.3) is 0 Å². The van der Waals surface area contributed by atoms with Gasteiger partial charge < -0.3 is 15.3 Å². The van der Waals surface area contributed by atoms with Crippen LogP contribution >= 0.6 is 0 Å². The van der Waals surface area contributed by atoms with Gasteiger partial charge in [0, 0.05) is 13.1 Å². The van der Waals surface area contributed by atoms with Gasteiger partial charge in [-0.15, -0.1) is 5.10 Å². The van der Waals surface area contributed by atoms with Gasteiger partial charge in [0.15, 0.2) is 5.69 Å². The molecule has 114 valence electrons. The lowest BCUT2D eigenvalue weighted by Gasteiger charge is -2.37. The van der Waals surface area contributed by atoms with Gasteiger partial charge in [-0.1, -0.05) is 19.1 Å². The second-order valence-electron chi connectivity index (χ2n) is 5.17. The molecule has 0 radical (unpaired) electrons. The average Bonchev–Trinajstić information content (AvgIpc) is 2.86. The van der Waals surface area contributed by atoms with Gasteiger partial charge in [-0.25, -0.2) is 9.48 Å². The van der Waals surface area contributed by atoms with Crippen molar-refractivity contribution >= 4 is 17.8 Å². The van der Waals surface area contributed by atoms with Gasteiger partial charge in [0.05, 0.1) is 6.20 Å². The minimum atomic E-state index is -1.20. The molecule has 0 aliphatic carbocycles. The van der Waals surface area contributed by atoms with E-state index >= 15 is 0 Å². The summed E-state index contributed by atoms with van der Waals surface area (Å²) in [5.41, 5.74) is -0.223. The summed E-state index contributed by atoms with van der Waals surface area (Å²) in [6.45, 7) is 4.43. The average molecular weight is 295 g/mol. The molecular formula is C12H17N5O4. The molecule has 2 rings (SSSR count). The van der Waals surface area contributed by atoms with Crippen molar-refractivity contribution in [3.63, 3.8) is 0 Å². The third kappa shape index (κ3) is 3.18. The number of hydrogen-bond acceptors (Lipinski definition) is 5. The van der Waals surface area contributed by atoms with Crippen LogP contribution < -0.4 is 5.32 Å². The van der Waals surface area contributed by atoms with Crippen molar-refractivity contribution in [1.29, 1.82) is 0 Å². The molecule has 1 aromatic rings. The first kappa shape index (κ1) is 14.9. The van der Waals surface area contributed by atoms with Crippen LogP contribution in [0, 0.1) is 5.92 Å². The maximum atomic E-state index is 12.3. The van der Waals surface area contributed by atoms with E-state index in [4.69, 9.17) is 5.11 Å². The normalized spacial score (nSPS) is 18.7. The van der Waals surface area contributed by atoms with Gasteiger partial charge in [-0.3, -0.25) is 9.59 Å². The van der Waals surface area contributed by atoms with E-state index < -0.39 is 12.0 Å². The molecule has 1 fully saturated rings. The first-order valence-electron chi connectivity index (χ1n) is 6.60. The fourth-order valence-electron chi connectivity index (χ4n) is 2.33. The predicted molar refractivity (Wildman–Crippen MR) is 70.3 cm³/mol. The molecule has 0 aromatic carbocycles. The van der Waals surface area contributed by atoms with Crippen LogP contribution in [0.5, 0.6) is 0 Å². The number of hydrogen-bond donors (Lipinski definition) is 2. The molecule has 0 spiro atoms. The van der Waals surface area contributed by atoms with E-state index in [0.29, 0.717) is 13.1 Å². The quantitative estimate of drug-likeness (QED) is 0.732. The van der Waals surface area contributed by atoms with Crippen LogP contribution in [0.15, 0.2) is 6.20 Å². The summed E-state index contributed by atoms with van der Waals surface area (Å²) < 4.78 is 1.16. The van der Waals surface area contributed by atoms with Crippen molar-refractivity contribution in [2.24, 2.45) is 5.92 Å². The van der Waals surface area contributed by atoms with Crippen molar-refractivity contribution in [1.82, 2.24) is 25.2 Å². The second kappa shape index (κ2) is 5.90. The number of carbonyl (C=O) groups excluding carboxylic acids is 2. The Morgan fingerprint density at radius 3 is 2.81 bits per heavy atom. The maximum absolute atomic E-state index is 12.3. The molecule has 1 aromatic heterocycles. The standard InChI is InChI=1S/C12H17N5O4/c1-7(2)10-11(19)13-3-4-17(10)9(18)6-16-5-8(12(20)21)14-15-16/h5,7,10H,3-4,6H2,1-2H3,(H,13,19)(H,20,21). The summed E-state index contributed by atoms with van der Waals surface area (Å²) in [4.78, 5) is 36.4. The minimum Gasteiger partial charge on any atom is -0.476 e. The Bertz CT molecular complexity index is 568. The highest BCUT2D eigenvalue weighted by molar-refractivity contribution is 5.89. The Morgan fingerprint density at radius 1 is 1.52 bits per heavy atom. The number of nitrogens with zero attached hydrogens (tertiary/aromatic N) is 4. The highest BCUT2D eigenvalue weighted by Gasteiger charge is 2.35. The molecular weight excluding hydrogens is 278 g/mol. The third-order valence-electron chi connectivity index (χ3n) is 3.26. The molecule has 0 saturated carbocycles. The van der Waals surface area contributed by atoms with E-state index in [1.165, 1.54) is 11.1 Å². The number of rotatable bonds is 4. The van der Waals surface area contributed by atoms with Crippen LogP contribution in [-0.4, -0.2) is 61.9 Å². The lowest BCUT2D eigenvalue weighted by molar-refractivity contribution is -0.145. The smallest absolute Gasteiger partial charge is 0.358 e. The van der Waals surface area contributed by atoms with Crippen LogP contribution in [0.3, 0.4) is 0 Å². The van der Waals surface area contributed by atoms with E-state index in [2.05, 4.69) is 15.6 Å². The van der Waals surface area contributed by atoms with Gasteiger partial charge in [-0.2, -0.15) is 0 Å². The van der Waals surface area contributed by atoms with Gasteiger partial charge >= 0.3 is 5.97 Å². The zero-order valence-electron chi connectivity index (χ0n) is 11.8. The predicted octanol–water partition coefficient (Wildman–Crippen LogP) is -1.04. The highest BCUT2D eigenvalue weighted by Crippen LogP contribution is 2.14. The summed E-state index contributed by atoms with van der Waals surface area (Å²) in [6.07, 6.45) is 1.19. The molecule has 21 heavy (non-hydrogen) atoms. The Hall–Kier alpha value is -2.45. The fourth-order valence-corrected chi connectivity index (χ4v) is 2.33. The van der Waals surface area contributed by atoms with Crippen LogP contribution in [0.2, 0.25) is 0 Å². The first-order chi connectivity index (χ1) is 9.90. The molecule has 1 atom stereocenters. The Balaban J connectivity index is 2.10. The number of aromatic nitrogens is 3. The number of carbonyl (C=O) groups is 3.